The number of hydrogen-bond donors (Lipinski definition) is 2. The molecule has 1 unspecified atom stereocenters. The fourth-order valence-corrected chi connectivity index (χ4v) is 3.51. The van der Waals surface area contributed by atoms with Crippen molar-refractivity contribution in [1.82, 2.24) is 5.32 Å². The SMILES string of the molecule is CCCCCC(=O)O[C@](Cc1ccc(OC(=O)OCCCC)c(OC(=O)OCCCC)c1)(NC(C)CC)C(=O)O. The molecule has 40 heavy (non-hydrogen) atoms. The molecule has 11 nitrogen and oxygen atoms in total. The van der Waals surface area contributed by atoms with E-state index < -0.39 is 30.0 Å². The molecule has 0 aromatic heterocycles. The molecule has 0 heterocycles. The van der Waals surface area contributed by atoms with Gasteiger partial charge in [-0.2, -0.15) is 0 Å². The smallest absolute Gasteiger partial charge is 0.477 e. The lowest BCUT2D eigenvalue weighted by Crippen LogP contribution is -2.59. The fraction of sp³-hybridized carbons (Fsp3) is 0.655. The minimum atomic E-state index is -2.08. The minimum absolute atomic E-state index is 0.0793. The number of carbonyl (C=O) groups is 4. The molecule has 0 amide bonds. The van der Waals surface area contributed by atoms with Crippen LogP contribution >= 0.6 is 0 Å². The van der Waals surface area contributed by atoms with Gasteiger partial charge in [-0.25, -0.2) is 14.4 Å². The van der Waals surface area contributed by atoms with E-state index in [1.165, 1.54) is 18.2 Å². The van der Waals surface area contributed by atoms with E-state index in [9.17, 15) is 24.3 Å². The van der Waals surface area contributed by atoms with E-state index in [0.717, 1.165) is 25.7 Å². The molecule has 1 rings (SSSR count). The summed E-state index contributed by atoms with van der Waals surface area (Å²) in [6, 6.07) is 3.88. The van der Waals surface area contributed by atoms with Gasteiger partial charge in [0.15, 0.2) is 11.5 Å². The maximum Gasteiger partial charge on any atom is 0.513 e. The molecule has 0 aliphatic carbocycles. The molecule has 2 atom stereocenters. The van der Waals surface area contributed by atoms with Gasteiger partial charge >= 0.3 is 24.2 Å². The Morgan fingerprint density at radius 1 is 0.850 bits per heavy atom. The number of aliphatic carboxylic acids is 1. The number of benzene rings is 1. The van der Waals surface area contributed by atoms with Crippen LogP contribution in [0.3, 0.4) is 0 Å². The van der Waals surface area contributed by atoms with Crippen LogP contribution in [-0.2, 0) is 30.2 Å². The summed E-state index contributed by atoms with van der Waals surface area (Å²) in [5, 5.41) is 13.2. The summed E-state index contributed by atoms with van der Waals surface area (Å²) < 4.78 is 26.2. The van der Waals surface area contributed by atoms with Crippen LogP contribution in [-0.4, -0.2) is 54.3 Å². The van der Waals surface area contributed by atoms with Gasteiger partial charge in [0.25, 0.3) is 5.72 Å². The Morgan fingerprint density at radius 2 is 1.43 bits per heavy atom. The van der Waals surface area contributed by atoms with Crippen molar-refractivity contribution in [3.05, 3.63) is 23.8 Å². The lowest BCUT2D eigenvalue weighted by Gasteiger charge is -2.33. The largest absolute Gasteiger partial charge is 0.513 e. The molecule has 2 N–H and O–H groups in total. The van der Waals surface area contributed by atoms with E-state index in [1.54, 1.807) is 6.92 Å². The lowest BCUT2D eigenvalue weighted by atomic mass is 10.00. The predicted molar refractivity (Wildman–Crippen MR) is 147 cm³/mol. The first-order chi connectivity index (χ1) is 19.1. The van der Waals surface area contributed by atoms with E-state index in [0.29, 0.717) is 31.2 Å². The van der Waals surface area contributed by atoms with Gasteiger partial charge in [0.2, 0.25) is 0 Å². The van der Waals surface area contributed by atoms with Crippen molar-refractivity contribution in [2.45, 2.75) is 111 Å². The Labute approximate surface area is 236 Å². The Bertz CT molecular complexity index is 951. The van der Waals surface area contributed by atoms with E-state index in [2.05, 4.69) is 5.32 Å². The zero-order chi connectivity index (χ0) is 30.0. The number of unbranched alkanes of at least 4 members (excludes halogenated alkanes) is 4. The van der Waals surface area contributed by atoms with Gasteiger partial charge in [0, 0.05) is 18.9 Å². The maximum atomic E-state index is 12.6. The minimum Gasteiger partial charge on any atom is -0.477 e. The summed E-state index contributed by atoms with van der Waals surface area (Å²) in [5.74, 6) is -2.32. The second-order valence-electron chi connectivity index (χ2n) is 9.58. The maximum absolute atomic E-state index is 12.6. The van der Waals surface area contributed by atoms with E-state index in [4.69, 9.17) is 23.7 Å². The Hall–Kier alpha value is -3.34. The number of esters is 1. The molecule has 1 aromatic carbocycles. The van der Waals surface area contributed by atoms with Crippen molar-refractivity contribution < 1.29 is 48.0 Å². The predicted octanol–water partition coefficient (Wildman–Crippen LogP) is 6.15. The van der Waals surface area contributed by atoms with Crippen molar-refractivity contribution in [2.24, 2.45) is 0 Å². The summed E-state index contributed by atoms with van der Waals surface area (Å²) in [4.78, 5) is 49.7. The second kappa shape index (κ2) is 18.9. The first-order valence-corrected chi connectivity index (χ1v) is 14.2. The number of rotatable bonds is 19. The fourth-order valence-electron chi connectivity index (χ4n) is 3.51. The molecule has 0 spiro atoms. The number of ether oxygens (including phenoxy) is 5. The number of carboxylic acids is 1. The zero-order valence-electron chi connectivity index (χ0n) is 24.4. The van der Waals surface area contributed by atoms with Gasteiger partial charge in [0.05, 0.1) is 13.2 Å². The average Bonchev–Trinajstić information content (AvgIpc) is 2.90. The van der Waals surface area contributed by atoms with Gasteiger partial charge in [-0.3, -0.25) is 10.1 Å². The molecule has 0 bridgehead atoms. The van der Waals surface area contributed by atoms with E-state index in [1.807, 2.05) is 27.7 Å². The highest BCUT2D eigenvalue weighted by molar-refractivity contribution is 5.82. The number of carbonyl (C=O) groups excluding carboxylic acids is 3. The van der Waals surface area contributed by atoms with Crippen LogP contribution in [0.25, 0.3) is 0 Å². The zero-order valence-corrected chi connectivity index (χ0v) is 24.4. The summed E-state index contributed by atoms with van der Waals surface area (Å²) in [7, 11) is 0. The van der Waals surface area contributed by atoms with Gasteiger partial charge in [-0.1, -0.05) is 59.4 Å². The van der Waals surface area contributed by atoms with Crippen LogP contribution in [0.5, 0.6) is 11.5 Å². The standard InChI is InChI=1S/C29H45NO10/c1-6-10-13-14-25(31)40-29(26(32)33,30-21(5)9-4)20-22-15-16-23(38-27(34)36-17-11-7-2)24(19-22)39-28(35)37-18-12-8-3/h15-16,19,21,30H,6-14,17-18,20H2,1-5H3,(H,32,33)/t21?,29-/m0/s1. The number of carboxylic acid groups (broad SMARTS) is 1. The average molecular weight is 568 g/mol. The third-order valence-electron chi connectivity index (χ3n) is 5.99. The first-order valence-electron chi connectivity index (χ1n) is 14.2. The van der Waals surface area contributed by atoms with E-state index in [-0.39, 0.29) is 43.6 Å². The molecule has 1 aromatic rings. The van der Waals surface area contributed by atoms with Crippen molar-refractivity contribution in [3.8, 4) is 11.5 Å². The lowest BCUT2D eigenvalue weighted by molar-refractivity contribution is -0.184. The van der Waals surface area contributed by atoms with Crippen LogP contribution < -0.4 is 14.8 Å². The van der Waals surface area contributed by atoms with Crippen molar-refractivity contribution in [3.63, 3.8) is 0 Å². The first kappa shape index (κ1) is 34.7. The third-order valence-corrected chi connectivity index (χ3v) is 5.99. The molecule has 0 aliphatic heterocycles. The number of nitrogens with one attached hydrogen (secondary N) is 1. The molecule has 226 valence electrons. The van der Waals surface area contributed by atoms with Gasteiger partial charge in [-0.15, -0.1) is 0 Å². The third kappa shape index (κ3) is 12.7. The molecular formula is C29H45NO10. The van der Waals surface area contributed by atoms with Crippen LogP contribution in [0.1, 0.15) is 98.0 Å². The van der Waals surface area contributed by atoms with Gasteiger partial charge < -0.3 is 28.8 Å². The topological polar surface area (TPSA) is 147 Å². The quantitative estimate of drug-likeness (QED) is 0.0652. The normalized spacial score (nSPS) is 13.0. The van der Waals surface area contributed by atoms with Gasteiger partial charge in [0.1, 0.15) is 0 Å². The molecule has 11 heteroatoms. The van der Waals surface area contributed by atoms with Crippen molar-refractivity contribution >= 4 is 24.2 Å². The monoisotopic (exact) mass is 567 g/mol. The highest BCUT2D eigenvalue weighted by Crippen LogP contribution is 2.31. The summed E-state index contributed by atoms with van der Waals surface area (Å²) in [6.07, 6.45) is 3.55. The van der Waals surface area contributed by atoms with Crippen molar-refractivity contribution in [2.75, 3.05) is 13.2 Å². The number of hydrogen-bond acceptors (Lipinski definition) is 10. The van der Waals surface area contributed by atoms with Crippen LogP contribution in [0, 0.1) is 0 Å². The van der Waals surface area contributed by atoms with Crippen LogP contribution in [0.4, 0.5) is 9.59 Å². The summed E-state index contributed by atoms with van der Waals surface area (Å²) in [6.45, 7) is 9.83. The van der Waals surface area contributed by atoms with Crippen LogP contribution in [0.2, 0.25) is 0 Å². The molecule has 0 saturated carbocycles. The van der Waals surface area contributed by atoms with Crippen molar-refractivity contribution in [1.29, 1.82) is 0 Å². The molecule has 0 fully saturated rings. The van der Waals surface area contributed by atoms with E-state index >= 15 is 0 Å². The highest BCUT2D eigenvalue weighted by Gasteiger charge is 2.44. The molecular weight excluding hydrogens is 522 g/mol. The Balaban J connectivity index is 3.33. The molecule has 0 saturated heterocycles. The Morgan fingerprint density at radius 3 is 1.95 bits per heavy atom. The van der Waals surface area contributed by atoms with Gasteiger partial charge in [-0.05, 0) is 50.3 Å². The summed E-state index contributed by atoms with van der Waals surface area (Å²) in [5.41, 5.74) is -1.75. The van der Waals surface area contributed by atoms with Crippen LogP contribution in [0.15, 0.2) is 18.2 Å². The molecule has 0 aliphatic rings. The summed E-state index contributed by atoms with van der Waals surface area (Å²) >= 11 is 0. The molecule has 0 radical (unpaired) electrons. The highest BCUT2D eigenvalue weighted by atomic mass is 16.7. The Kier molecular flexibility index (Phi) is 16.4. The second-order valence-corrected chi connectivity index (χ2v) is 9.58.